The van der Waals surface area contributed by atoms with E-state index < -0.39 is 0 Å². The average molecular weight is 249 g/mol. The van der Waals surface area contributed by atoms with Crippen molar-refractivity contribution in [3.05, 3.63) is 29.8 Å². The van der Waals surface area contributed by atoms with Crippen LogP contribution in [0.5, 0.6) is 5.75 Å². The van der Waals surface area contributed by atoms with E-state index in [0.29, 0.717) is 6.04 Å². The molecule has 0 amide bonds. The first-order chi connectivity index (χ1) is 8.38. The lowest BCUT2D eigenvalue weighted by Crippen LogP contribution is -2.38. The van der Waals surface area contributed by atoms with E-state index in [1.165, 1.54) is 5.56 Å². The lowest BCUT2D eigenvalue weighted by Gasteiger charge is -2.25. The average Bonchev–Trinajstić information content (AvgIpc) is 2.29. The number of rotatable bonds is 5. The fraction of sp³-hybridized carbons (Fsp3) is 0.625. The summed E-state index contributed by atoms with van der Waals surface area (Å²) in [5, 5.41) is 3.29. The van der Waals surface area contributed by atoms with Crippen molar-refractivity contribution in [1.82, 2.24) is 5.32 Å². The second-order valence-corrected chi connectivity index (χ2v) is 5.90. The van der Waals surface area contributed by atoms with E-state index in [2.05, 4.69) is 58.1 Å². The highest BCUT2D eigenvalue weighted by Crippen LogP contribution is 2.26. The predicted molar refractivity (Wildman–Crippen MR) is 78.4 cm³/mol. The Balaban J connectivity index is 2.79. The van der Waals surface area contributed by atoms with Crippen LogP contribution in [0.4, 0.5) is 0 Å². The van der Waals surface area contributed by atoms with Gasteiger partial charge in [-0.1, -0.05) is 39.8 Å². The predicted octanol–water partition coefficient (Wildman–Crippen LogP) is 3.75. The van der Waals surface area contributed by atoms with Gasteiger partial charge < -0.3 is 10.1 Å². The highest BCUT2D eigenvalue weighted by molar-refractivity contribution is 5.32. The Morgan fingerprint density at radius 3 is 2.44 bits per heavy atom. The smallest absolute Gasteiger partial charge is 0.120 e. The maximum Gasteiger partial charge on any atom is 0.120 e. The summed E-state index contributed by atoms with van der Waals surface area (Å²) in [7, 11) is 1.99. The van der Waals surface area contributed by atoms with Crippen LogP contribution in [0.2, 0.25) is 0 Å². The Morgan fingerprint density at radius 1 is 1.28 bits per heavy atom. The number of ether oxygens (including phenoxy) is 1. The summed E-state index contributed by atoms with van der Waals surface area (Å²) >= 11 is 0. The molecule has 0 bridgehead atoms. The molecule has 1 N–H and O–H groups in total. The van der Waals surface area contributed by atoms with Crippen LogP contribution in [0.1, 0.15) is 46.6 Å². The van der Waals surface area contributed by atoms with Gasteiger partial charge in [0, 0.05) is 6.04 Å². The topological polar surface area (TPSA) is 21.3 Å². The molecule has 0 spiro atoms. The molecule has 0 saturated heterocycles. The Bertz CT molecular complexity index is 364. The van der Waals surface area contributed by atoms with Crippen molar-refractivity contribution >= 4 is 0 Å². The molecule has 18 heavy (non-hydrogen) atoms. The Hall–Kier alpha value is -1.02. The van der Waals surface area contributed by atoms with Gasteiger partial charge in [-0.3, -0.25) is 0 Å². The molecular weight excluding hydrogens is 222 g/mol. The fourth-order valence-corrected chi connectivity index (χ4v) is 2.10. The van der Waals surface area contributed by atoms with E-state index in [1.807, 2.05) is 13.1 Å². The summed E-state index contributed by atoms with van der Waals surface area (Å²) in [6, 6.07) is 8.81. The lowest BCUT2D eigenvalue weighted by atomic mass is 9.87. The number of benzene rings is 1. The molecule has 0 aliphatic heterocycles. The molecule has 2 nitrogen and oxygen atoms in total. The summed E-state index contributed by atoms with van der Waals surface area (Å²) in [6.45, 7) is 11.0. The maximum absolute atomic E-state index is 6.03. The molecule has 0 heterocycles. The number of nitrogens with one attached hydrogen (secondary N) is 1. The van der Waals surface area contributed by atoms with Gasteiger partial charge in [0.05, 0.1) is 0 Å². The second kappa shape index (κ2) is 6.24. The van der Waals surface area contributed by atoms with Gasteiger partial charge in [0.15, 0.2) is 0 Å². The second-order valence-electron chi connectivity index (χ2n) is 5.90. The molecule has 102 valence electrons. The molecule has 2 heteroatoms. The van der Waals surface area contributed by atoms with Crippen molar-refractivity contribution in [1.29, 1.82) is 0 Å². The maximum atomic E-state index is 6.03. The zero-order chi connectivity index (χ0) is 13.8. The van der Waals surface area contributed by atoms with Gasteiger partial charge in [-0.05, 0) is 43.5 Å². The molecule has 0 aliphatic carbocycles. The molecule has 0 radical (unpaired) electrons. The Labute approximate surface area is 112 Å². The molecular formula is C16H27NO. The number of hydrogen-bond donors (Lipinski definition) is 1. The molecule has 2 atom stereocenters. The summed E-state index contributed by atoms with van der Waals surface area (Å²) in [5.74, 6) is 0.962. The number of hydrogen-bond acceptors (Lipinski definition) is 2. The van der Waals surface area contributed by atoms with Crippen molar-refractivity contribution in [2.45, 2.75) is 58.6 Å². The van der Waals surface area contributed by atoms with Crippen LogP contribution in [-0.2, 0) is 5.41 Å². The standard InChI is InChI=1S/C16H27NO/c1-7-15(17-6)12(2)18-14-10-8-9-13(11-14)16(3,4)5/h8-12,15,17H,7H2,1-6H3. The van der Waals surface area contributed by atoms with Gasteiger partial charge in [-0.25, -0.2) is 0 Å². The molecule has 2 unspecified atom stereocenters. The van der Waals surface area contributed by atoms with Crippen LogP contribution in [-0.4, -0.2) is 19.2 Å². The quantitative estimate of drug-likeness (QED) is 0.858. The molecule has 0 aliphatic rings. The molecule has 1 aromatic carbocycles. The molecule has 1 rings (SSSR count). The SMILES string of the molecule is CCC(NC)C(C)Oc1cccc(C(C)(C)C)c1. The van der Waals surface area contributed by atoms with Crippen molar-refractivity contribution in [2.24, 2.45) is 0 Å². The summed E-state index contributed by atoms with van der Waals surface area (Å²) < 4.78 is 6.03. The lowest BCUT2D eigenvalue weighted by molar-refractivity contribution is 0.171. The van der Waals surface area contributed by atoms with Gasteiger partial charge in [0.1, 0.15) is 11.9 Å². The van der Waals surface area contributed by atoms with Gasteiger partial charge >= 0.3 is 0 Å². The third-order valence-corrected chi connectivity index (χ3v) is 3.40. The summed E-state index contributed by atoms with van der Waals surface area (Å²) in [6.07, 6.45) is 1.24. The summed E-state index contributed by atoms with van der Waals surface area (Å²) in [4.78, 5) is 0. The zero-order valence-corrected chi connectivity index (χ0v) is 12.6. The van der Waals surface area contributed by atoms with E-state index in [0.717, 1.165) is 12.2 Å². The van der Waals surface area contributed by atoms with Gasteiger partial charge in [-0.2, -0.15) is 0 Å². The third kappa shape index (κ3) is 4.02. The zero-order valence-electron chi connectivity index (χ0n) is 12.6. The van der Waals surface area contributed by atoms with Crippen LogP contribution < -0.4 is 10.1 Å². The van der Waals surface area contributed by atoms with E-state index >= 15 is 0 Å². The molecule has 0 saturated carbocycles. The Kier molecular flexibility index (Phi) is 5.21. The monoisotopic (exact) mass is 249 g/mol. The van der Waals surface area contributed by atoms with Crippen LogP contribution in [0.15, 0.2) is 24.3 Å². The number of likely N-dealkylation sites (N-methyl/N-ethyl adjacent to an activating group) is 1. The van der Waals surface area contributed by atoms with Gasteiger partial charge in [0.25, 0.3) is 0 Å². The van der Waals surface area contributed by atoms with Crippen LogP contribution in [0, 0.1) is 0 Å². The van der Waals surface area contributed by atoms with Crippen LogP contribution in [0.25, 0.3) is 0 Å². The normalized spacial score (nSPS) is 15.2. The van der Waals surface area contributed by atoms with E-state index in [1.54, 1.807) is 0 Å². The van der Waals surface area contributed by atoms with Gasteiger partial charge in [0.2, 0.25) is 0 Å². The highest BCUT2D eigenvalue weighted by atomic mass is 16.5. The van der Waals surface area contributed by atoms with E-state index in [9.17, 15) is 0 Å². The molecule has 0 fully saturated rings. The van der Waals surface area contributed by atoms with Crippen molar-refractivity contribution in [3.63, 3.8) is 0 Å². The van der Waals surface area contributed by atoms with Gasteiger partial charge in [-0.15, -0.1) is 0 Å². The Morgan fingerprint density at radius 2 is 1.94 bits per heavy atom. The van der Waals surface area contributed by atoms with E-state index in [-0.39, 0.29) is 11.5 Å². The molecule has 1 aromatic rings. The first-order valence-corrected chi connectivity index (χ1v) is 6.83. The fourth-order valence-electron chi connectivity index (χ4n) is 2.10. The van der Waals surface area contributed by atoms with Crippen molar-refractivity contribution in [3.8, 4) is 5.75 Å². The van der Waals surface area contributed by atoms with Crippen molar-refractivity contribution in [2.75, 3.05) is 7.05 Å². The third-order valence-electron chi connectivity index (χ3n) is 3.40. The summed E-state index contributed by atoms with van der Waals surface area (Å²) in [5.41, 5.74) is 1.47. The first-order valence-electron chi connectivity index (χ1n) is 6.83. The first kappa shape index (κ1) is 15.0. The largest absolute Gasteiger partial charge is 0.489 e. The van der Waals surface area contributed by atoms with Crippen molar-refractivity contribution < 1.29 is 4.74 Å². The molecule has 0 aromatic heterocycles. The van der Waals surface area contributed by atoms with E-state index in [4.69, 9.17) is 4.74 Å². The highest BCUT2D eigenvalue weighted by Gasteiger charge is 2.17. The minimum absolute atomic E-state index is 0.162. The van der Waals surface area contributed by atoms with Crippen LogP contribution >= 0.6 is 0 Å². The minimum atomic E-state index is 0.162. The minimum Gasteiger partial charge on any atom is -0.489 e. The van der Waals surface area contributed by atoms with Crippen LogP contribution in [0.3, 0.4) is 0 Å².